The van der Waals surface area contributed by atoms with Crippen molar-refractivity contribution in [3.05, 3.63) is 71.1 Å². The van der Waals surface area contributed by atoms with Gasteiger partial charge in [-0.1, -0.05) is 30.4 Å². The molecule has 1 N–H and O–H groups in total. The highest BCUT2D eigenvalue weighted by Crippen LogP contribution is 2.44. The summed E-state index contributed by atoms with van der Waals surface area (Å²) in [5.74, 6) is -2.59. The van der Waals surface area contributed by atoms with Gasteiger partial charge < -0.3 is 14.6 Å². The van der Waals surface area contributed by atoms with E-state index in [9.17, 15) is 24.3 Å². The van der Waals surface area contributed by atoms with Crippen LogP contribution in [-0.2, 0) is 28.7 Å². The lowest BCUT2D eigenvalue weighted by Crippen LogP contribution is -2.43. The molecule has 0 saturated heterocycles. The van der Waals surface area contributed by atoms with Crippen molar-refractivity contribution in [2.24, 2.45) is 0 Å². The molecule has 3 aliphatic rings. The van der Waals surface area contributed by atoms with E-state index in [4.69, 9.17) is 9.47 Å². The Balaban J connectivity index is 1.90. The number of allylic oxidation sites excluding steroid dienone is 6. The predicted molar refractivity (Wildman–Crippen MR) is 107 cm³/mol. The normalized spacial score (nSPS) is 25.9. The fourth-order valence-electron chi connectivity index (χ4n) is 3.51. The molecule has 0 bridgehead atoms. The van der Waals surface area contributed by atoms with E-state index >= 15 is 0 Å². The van der Waals surface area contributed by atoms with Gasteiger partial charge in [-0.15, -0.1) is 0 Å². The van der Waals surface area contributed by atoms with Gasteiger partial charge in [0.25, 0.3) is 0 Å². The van der Waals surface area contributed by atoms with Gasteiger partial charge >= 0.3 is 5.97 Å². The molecule has 2 heterocycles. The molecule has 1 aliphatic carbocycles. The van der Waals surface area contributed by atoms with Gasteiger partial charge in [-0.25, -0.2) is 4.79 Å². The van der Waals surface area contributed by atoms with Crippen LogP contribution < -0.4 is 0 Å². The van der Waals surface area contributed by atoms with Crippen molar-refractivity contribution in [1.82, 2.24) is 0 Å². The average Bonchev–Trinajstić information content (AvgIpc) is 2.98. The fraction of sp³-hybridized carbons (Fsp3) is 0.304. The van der Waals surface area contributed by atoms with Crippen LogP contribution in [0.15, 0.2) is 71.1 Å². The van der Waals surface area contributed by atoms with Gasteiger partial charge in [0, 0.05) is 12.0 Å². The highest BCUT2D eigenvalue weighted by atomic mass is 16.6. The molecule has 0 radical (unpaired) electrons. The molecule has 0 unspecified atom stereocenters. The summed E-state index contributed by atoms with van der Waals surface area (Å²) in [7, 11) is 0. The van der Waals surface area contributed by atoms with Gasteiger partial charge in [-0.3, -0.25) is 14.4 Å². The molecule has 0 fully saturated rings. The van der Waals surface area contributed by atoms with Crippen molar-refractivity contribution in [1.29, 1.82) is 0 Å². The Labute approximate surface area is 173 Å². The molecule has 0 amide bonds. The number of rotatable bonds is 7. The van der Waals surface area contributed by atoms with Crippen LogP contribution >= 0.6 is 0 Å². The van der Waals surface area contributed by atoms with E-state index in [1.54, 1.807) is 24.3 Å². The first kappa shape index (κ1) is 21.4. The summed E-state index contributed by atoms with van der Waals surface area (Å²) in [5, 5.41) is 9.32. The Hall–Kier alpha value is -3.32. The van der Waals surface area contributed by atoms with Crippen molar-refractivity contribution >= 4 is 23.3 Å². The maximum atomic E-state index is 13.0. The maximum absolute atomic E-state index is 13.0. The minimum Gasteiger partial charge on any atom is -0.495 e. The molecule has 156 valence electrons. The monoisotopic (exact) mass is 410 g/mol. The third kappa shape index (κ3) is 3.89. The summed E-state index contributed by atoms with van der Waals surface area (Å²) >= 11 is 0. The highest BCUT2D eigenvalue weighted by molar-refractivity contribution is 6.27. The Morgan fingerprint density at radius 3 is 2.67 bits per heavy atom. The van der Waals surface area contributed by atoms with Crippen LogP contribution in [0.2, 0.25) is 0 Å². The van der Waals surface area contributed by atoms with Gasteiger partial charge in [0.2, 0.25) is 5.78 Å². The first-order chi connectivity index (χ1) is 14.3. The topological polar surface area (TPSA) is 107 Å². The van der Waals surface area contributed by atoms with E-state index in [1.807, 2.05) is 13.0 Å². The zero-order valence-corrected chi connectivity index (χ0v) is 16.7. The molecule has 0 aromatic carbocycles. The third-order valence-electron chi connectivity index (χ3n) is 5.08. The number of fused-ring (bicyclic) bond motifs is 2. The minimum atomic E-state index is -1.64. The van der Waals surface area contributed by atoms with Crippen LogP contribution in [-0.4, -0.2) is 46.7 Å². The number of hydrogen-bond acceptors (Lipinski definition) is 7. The van der Waals surface area contributed by atoms with Crippen LogP contribution in [0.5, 0.6) is 0 Å². The van der Waals surface area contributed by atoms with Crippen LogP contribution in [0.25, 0.3) is 0 Å². The third-order valence-corrected chi connectivity index (χ3v) is 5.08. The number of ether oxygens (including phenoxy) is 2. The van der Waals surface area contributed by atoms with Crippen molar-refractivity contribution in [2.45, 2.75) is 38.4 Å². The molecule has 2 atom stereocenters. The molecular weight excluding hydrogens is 388 g/mol. The van der Waals surface area contributed by atoms with Crippen LogP contribution in [0.3, 0.4) is 0 Å². The van der Waals surface area contributed by atoms with E-state index in [0.717, 1.165) is 0 Å². The van der Waals surface area contributed by atoms with E-state index in [-0.39, 0.29) is 29.7 Å². The van der Waals surface area contributed by atoms with Gasteiger partial charge in [-0.2, -0.15) is 0 Å². The Bertz CT molecular complexity index is 987. The van der Waals surface area contributed by atoms with Crippen LogP contribution in [0.1, 0.15) is 26.7 Å². The quantitative estimate of drug-likeness (QED) is 0.225. The first-order valence-corrected chi connectivity index (χ1v) is 9.54. The van der Waals surface area contributed by atoms with Crippen molar-refractivity contribution < 1.29 is 33.8 Å². The SMILES string of the molecule is CC=C/C=C/C=C/C(=O)CC(=O)C1=C2C=C3C[C@@H](CO)OC=C3C(=O)[C@@]2(C)OC1=O. The zero-order chi connectivity index (χ0) is 21.9. The molecule has 0 aromatic rings. The van der Waals surface area contributed by atoms with Crippen molar-refractivity contribution in [2.75, 3.05) is 6.61 Å². The van der Waals surface area contributed by atoms with E-state index in [0.29, 0.717) is 5.57 Å². The second-order valence-electron chi connectivity index (χ2n) is 7.22. The lowest BCUT2D eigenvalue weighted by Gasteiger charge is -2.33. The summed E-state index contributed by atoms with van der Waals surface area (Å²) in [6.45, 7) is 3.04. The average molecular weight is 410 g/mol. The molecule has 30 heavy (non-hydrogen) atoms. The first-order valence-electron chi connectivity index (χ1n) is 9.54. The van der Waals surface area contributed by atoms with Crippen LogP contribution in [0, 0.1) is 0 Å². The lowest BCUT2D eigenvalue weighted by molar-refractivity contribution is -0.153. The maximum Gasteiger partial charge on any atom is 0.343 e. The van der Waals surface area contributed by atoms with E-state index < -0.39 is 41.4 Å². The van der Waals surface area contributed by atoms with Crippen molar-refractivity contribution in [3.8, 4) is 0 Å². The molecular formula is C23H22O7. The molecule has 0 spiro atoms. The largest absolute Gasteiger partial charge is 0.495 e. The van der Waals surface area contributed by atoms with Crippen LogP contribution in [0.4, 0.5) is 0 Å². The molecule has 7 heteroatoms. The van der Waals surface area contributed by atoms with E-state index in [1.165, 1.54) is 25.3 Å². The van der Waals surface area contributed by atoms with Crippen molar-refractivity contribution in [3.63, 3.8) is 0 Å². The Morgan fingerprint density at radius 1 is 1.23 bits per heavy atom. The van der Waals surface area contributed by atoms with Gasteiger partial charge in [0.15, 0.2) is 17.2 Å². The minimum absolute atomic E-state index is 0.151. The predicted octanol–water partition coefficient (Wildman–Crippen LogP) is 1.99. The molecule has 2 aliphatic heterocycles. The lowest BCUT2D eigenvalue weighted by atomic mass is 9.75. The number of ketones is 3. The fourth-order valence-corrected chi connectivity index (χ4v) is 3.51. The molecule has 3 rings (SSSR count). The highest BCUT2D eigenvalue weighted by Gasteiger charge is 2.54. The Morgan fingerprint density at radius 2 is 1.97 bits per heavy atom. The number of carbonyl (C=O) groups is 4. The summed E-state index contributed by atoms with van der Waals surface area (Å²) in [6.07, 6.45) is 11.8. The van der Waals surface area contributed by atoms with Gasteiger partial charge in [0.05, 0.1) is 24.9 Å². The summed E-state index contributed by atoms with van der Waals surface area (Å²) in [5.41, 5.74) is -0.962. The number of carbonyl (C=O) groups excluding carboxylic acids is 4. The number of esters is 1. The number of hydrogen-bond donors (Lipinski definition) is 1. The smallest absolute Gasteiger partial charge is 0.343 e. The standard InChI is InChI=1S/C23H22O7/c1-3-4-5-6-7-8-15(25)11-19(26)20-18-10-14-9-16(12-24)29-13-17(14)21(27)23(18,2)30-22(20)28/h3-8,10,13,16,24H,9,11-12H2,1-2H3/b4-3?,6-5+,8-7+/t16-,23-/m0/s1. The van der Waals surface area contributed by atoms with Gasteiger partial charge in [-0.05, 0) is 31.6 Å². The molecule has 0 saturated carbocycles. The molecule has 0 aromatic heterocycles. The second kappa shape index (κ2) is 8.59. The van der Waals surface area contributed by atoms with E-state index in [2.05, 4.69) is 0 Å². The number of aliphatic hydroxyl groups is 1. The molecule has 7 nitrogen and oxygen atoms in total. The number of Topliss-reactive ketones (excluding diaryl/α,β-unsaturated/α-hetero) is 2. The van der Waals surface area contributed by atoms with Gasteiger partial charge in [0.1, 0.15) is 11.7 Å². The summed E-state index contributed by atoms with van der Waals surface area (Å²) < 4.78 is 10.6. The Kier molecular flexibility index (Phi) is 6.12. The number of aliphatic hydroxyl groups excluding tert-OH is 1. The zero-order valence-electron chi connectivity index (χ0n) is 16.7. The second-order valence-corrected chi connectivity index (χ2v) is 7.22. The summed E-state index contributed by atoms with van der Waals surface area (Å²) in [6, 6.07) is 0. The summed E-state index contributed by atoms with van der Waals surface area (Å²) in [4.78, 5) is 50.2.